The highest BCUT2D eigenvalue weighted by molar-refractivity contribution is 6.33. The average molecular weight is 299 g/mol. The smallest absolute Gasteiger partial charge is 0.329 e. The van der Waals surface area contributed by atoms with Crippen LogP contribution in [-0.2, 0) is 0 Å². The number of aromatic nitrogens is 2. The van der Waals surface area contributed by atoms with Crippen molar-refractivity contribution < 1.29 is 9.31 Å². The Labute approximate surface area is 116 Å². The maximum atomic E-state index is 13.7. The second-order valence-electron chi connectivity index (χ2n) is 3.55. The Morgan fingerprint density at radius 2 is 2.20 bits per heavy atom. The van der Waals surface area contributed by atoms with Crippen LogP contribution in [0.2, 0.25) is 5.02 Å². The highest BCUT2D eigenvalue weighted by atomic mass is 35.5. The van der Waals surface area contributed by atoms with Crippen molar-refractivity contribution in [3.8, 4) is 0 Å². The SMILES string of the molecule is NNc1ncc([N+](=O)[O-])c(Nc2c(F)cccc2Cl)n1. The van der Waals surface area contributed by atoms with E-state index in [4.69, 9.17) is 17.4 Å². The number of para-hydroxylation sites is 1. The van der Waals surface area contributed by atoms with Crippen molar-refractivity contribution in [3.63, 3.8) is 0 Å². The Bertz CT molecular complexity index is 648. The molecule has 0 amide bonds. The number of hydrogen-bond acceptors (Lipinski definition) is 7. The normalized spacial score (nSPS) is 10.2. The fourth-order valence-electron chi connectivity index (χ4n) is 1.41. The van der Waals surface area contributed by atoms with Gasteiger partial charge in [0.25, 0.3) is 0 Å². The van der Waals surface area contributed by atoms with Crippen LogP contribution >= 0.6 is 11.6 Å². The number of nitrogen functional groups attached to an aromatic ring is 1. The van der Waals surface area contributed by atoms with E-state index in [0.717, 1.165) is 12.3 Å². The second kappa shape index (κ2) is 5.63. The van der Waals surface area contributed by atoms with Crippen molar-refractivity contribution in [1.29, 1.82) is 0 Å². The maximum absolute atomic E-state index is 13.7. The van der Waals surface area contributed by atoms with E-state index in [1.165, 1.54) is 12.1 Å². The summed E-state index contributed by atoms with van der Waals surface area (Å²) in [5, 5.41) is 13.4. The molecule has 0 saturated carbocycles. The van der Waals surface area contributed by atoms with Gasteiger partial charge in [-0.3, -0.25) is 15.5 Å². The lowest BCUT2D eigenvalue weighted by molar-refractivity contribution is -0.384. The van der Waals surface area contributed by atoms with Crippen LogP contribution in [0, 0.1) is 15.9 Å². The van der Waals surface area contributed by atoms with Gasteiger partial charge in [0.05, 0.1) is 15.6 Å². The van der Waals surface area contributed by atoms with Crippen LogP contribution < -0.4 is 16.6 Å². The molecule has 0 aliphatic carbocycles. The number of hydrazine groups is 1. The van der Waals surface area contributed by atoms with Crippen molar-refractivity contribution in [1.82, 2.24) is 9.97 Å². The summed E-state index contributed by atoms with van der Waals surface area (Å²) in [6.45, 7) is 0. The zero-order chi connectivity index (χ0) is 14.7. The largest absolute Gasteiger partial charge is 0.331 e. The van der Waals surface area contributed by atoms with Crippen LogP contribution in [0.25, 0.3) is 0 Å². The fourth-order valence-corrected chi connectivity index (χ4v) is 1.62. The molecule has 10 heteroatoms. The monoisotopic (exact) mass is 298 g/mol. The molecule has 0 fully saturated rings. The number of benzene rings is 1. The minimum Gasteiger partial charge on any atom is -0.331 e. The van der Waals surface area contributed by atoms with Gasteiger partial charge in [0.15, 0.2) is 0 Å². The van der Waals surface area contributed by atoms with E-state index in [1.54, 1.807) is 0 Å². The first-order valence-electron chi connectivity index (χ1n) is 5.22. The second-order valence-corrected chi connectivity index (χ2v) is 3.96. The molecule has 8 nitrogen and oxygen atoms in total. The highest BCUT2D eigenvalue weighted by Gasteiger charge is 2.19. The molecular formula is C10H8ClFN6O2. The van der Waals surface area contributed by atoms with Crippen molar-refractivity contribution in [2.45, 2.75) is 0 Å². The molecule has 1 heterocycles. The fraction of sp³-hybridized carbons (Fsp3) is 0. The molecule has 1 aromatic carbocycles. The lowest BCUT2D eigenvalue weighted by Crippen LogP contribution is -2.12. The molecule has 104 valence electrons. The van der Waals surface area contributed by atoms with E-state index < -0.39 is 16.4 Å². The molecule has 2 aromatic rings. The first kappa shape index (κ1) is 13.9. The van der Waals surface area contributed by atoms with E-state index in [-0.39, 0.29) is 22.5 Å². The third-order valence-electron chi connectivity index (χ3n) is 2.30. The lowest BCUT2D eigenvalue weighted by atomic mass is 10.3. The standard InChI is InChI=1S/C10H8ClFN6O2/c11-5-2-1-3-6(12)8(5)15-9-7(18(19)20)4-14-10(16-9)17-13/h1-4H,13H2,(H2,14,15,16,17). The van der Waals surface area contributed by atoms with Crippen LogP contribution in [-0.4, -0.2) is 14.9 Å². The lowest BCUT2D eigenvalue weighted by Gasteiger charge is -2.09. The summed E-state index contributed by atoms with van der Waals surface area (Å²) in [4.78, 5) is 17.6. The molecule has 0 aliphatic rings. The summed E-state index contributed by atoms with van der Waals surface area (Å²) in [7, 11) is 0. The van der Waals surface area contributed by atoms with Gasteiger partial charge >= 0.3 is 5.69 Å². The zero-order valence-electron chi connectivity index (χ0n) is 9.80. The van der Waals surface area contributed by atoms with Gasteiger partial charge < -0.3 is 5.32 Å². The summed E-state index contributed by atoms with van der Waals surface area (Å²) in [6.07, 6.45) is 0.944. The minimum atomic E-state index is -0.711. The van der Waals surface area contributed by atoms with Crippen LogP contribution in [0.5, 0.6) is 0 Å². The van der Waals surface area contributed by atoms with Gasteiger partial charge in [-0.25, -0.2) is 15.2 Å². The van der Waals surface area contributed by atoms with Crippen molar-refractivity contribution in [3.05, 3.63) is 45.4 Å². The Hall–Kier alpha value is -2.52. The quantitative estimate of drug-likeness (QED) is 0.449. The van der Waals surface area contributed by atoms with Gasteiger partial charge in [-0.2, -0.15) is 4.98 Å². The average Bonchev–Trinajstić information content (AvgIpc) is 2.42. The van der Waals surface area contributed by atoms with E-state index in [1.807, 2.05) is 0 Å². The molecule has 1 aromatic heterocycles. The Kier molecular flexibility index (Phi) is 3.91. The number of anilines is 3. The van der Waals surface area contributed by atoms with Crippen LogP contribution in [0.1, 0.15) is 0 Å². The Balaban J connectivity index is 2.49. The summed E-state index contributed by atoms with van der Waals surface area (Å²) in [5.41, 5.74) is 1.57. The summed E-state index contributed by atoms with van der Waals surface area (Å²) >= 11 is 5.83. The number of nitro groups is 1. The third-order valence-corrected chi connectivity index (χ3v) is 2.62. The number of hydrogen-bond donors (Lipinski definition) is 3. The number of halogens is 2. The number of nitrogens with zero attached hydrogens (tertiary/aromatic N) is 3. The number of nitrogens with two attached hydrogens (primary N) is 1. The minimum absolute atomic E-state index is 0.0557. The topological polar surface area (TPSA) is 119 Å². The maximum Gasteiger partial charge on any atom is 0.329 e. The van der Waals surface area contributed by atoms with Gasteiger partial charge in [-0.15, -0.1) is 0 Å². The summed E-state index contributed by atoms with van der Waals surface area (Å²) < 4.78 is 13.7. The Morgan fingerprint density at radius 3 is 2.80 bits per heavy atom. The van der Waals surface area contributed by atoms with E-state index in [0.29, 0.717) is 0 Å². The number of nitrogens with one attached hydrogen (secondary N) is 2. The zero-order valence-corrected chi connectivity index (χ0v) is 10.6. The van der Waals surface area contributed by atoms with Crippen molar-refractivity contribution in [2.24, 2.45) is 5.84 Å². The predicted molar refractivity (Wildman–Crippen MR) is 71.2 cm³/mol. The molecule has 0 radical (unpaired) electrons. The van der Waals surface area contributed by atoms with Crippen LogP contribution in [0.4, 0.5) is 27.5 Å². The first-order valence-corrected chi connectivity index (χ1v) is 5.60. The molecule has 0 atom stereocenters. The van der Waals surface area contributed by atoms with Gasteiger partial charge in [-0.1, -0.05) is 17.7 Å². The van der Waals surface area contributed by atoms with E-state index in [2.05, 4.69) is 20.7 Å². The third kappa shape index (κ3) is 2.73. The van der Waals surface area contributed by atoms with Crippen LogP contribution in [0.3, 0.4) is 0 Å². The molecular weight excluding hydrogens is 291 g/mol. The first-order chi connectivity index (χ1) is 9.52. The molecule has 2 rings (SSSR count). The number of rotatable bonds is 4. The van der Waals surface area contributed by atoms with Gasteiger partial charge in [0.2, 0.25) is 11.8 Å². The van der Waals surface area contributed by atoms with Crippen molar-refractivity contribution in [2.75, 3.05) is 10.7 Å². The molecule has 20 heavy (non-hydrogen) atoms. The van der Waals surface area contributed by atoms with Gasteiger partial charge in [0, 0.05) is 0 Å². The van der Waals surface area contributed by atoms with Crippen LogP contribution in [0.15, 0.2) is 24.4 Å². The highest BCUT2D eigenvalue weighted by Crippen LogP contribution is 2.31. The molecule has 0 bridgehead atoms. The summed E-state index contributed by atoms with van der Waals surface area (Å²) in [6, 6.07) is 4.00. The Morgan fingerprint density at radius 1 is 1.45 bits per heavy atom. The molecule has 0 aliphatic heterocycles. The molecule has 0 unspecified atom stereocenters. The summed E-state index contributed by atoms with van der Waals surface area (Å²) in [5.74, 6) is 4.16. The van der Waals surface area contributed by atoms with Gasteiger partial charge in [0.1, 0.15) is 12.0 Å². The van der Waals surface area contributed by atoms with Crippen molar-refractivity contribution >= 4 is 34.7 Å². The van der Waals surface area contributed by atoms with E-state index in [9.17, 15) is 14.5 Å². The molecule has 4 N–H and O–H groups in total. The predicted octanol–water partition coefficient (Wildman–Crippen LogP) is 2.21. The van der Waals surface area contributed by atoms with E-state index >= 15 is 0 Å². The molecule has 0 saturated heterocycles. The molecule has 0 spiro atoms. The van der Waals surface area contributed by atoms with Gasteiger partial charge in [-0.05, 0) is 12.1 Å².